The summed E-state index contributed by atoms with van der Waals surface area (Å²) >= 11 is 0. The van der Waals surface area contributed by atoms with Crippen molar-refractivity contribution in [1.29, 1.82) is 0 Å². The zero-order chi connectivity index (χ0) is 18.1. The third-order valence-electron chi connectivity index (χ3n) is 4.33. The maximum atomic E-state index is 12.4. The lowest BCUT2D eigenvalue weighted by molar-refractivity contribution is -0.121. The van der Waals surface area contributed by atoms with Crippen LogP contribution < -0.4 is 0 Å². The van der Waals surface area contributed by atoms with Crippen LogP contribution in [0.5, 0.6) is 5.88 Å². The highest BCUT2D eigenvalue weighted by molar-refractivity contribution is 5.94. The number of aromatic amines is 1. The van der Waals surface area contributed by atoms with Gasteiger partial charge in [-0.25, -0.2) is 4.98 Å². The van der Waals surface area contributed by atoms with Crippen molar-refractivity contribution >= 4 is 33.5 Å². The van der Waals surface area contributed by atoms with Crippen LogP contribution in [0.25, 0.3) is 21.9 Å². The van der Waals surface area contributed by atoms with E-state index in [1.165, 1.54) is 0 Å². The van der Waals surface area contributed by atoms with Crippen LogP contribution in [0, 0.1) is 5.92 Å². The number of azo groups is 1. The number of aromatic nitrogens is 3. The van der Waals surface area contributed by atoms with Gasteiger partial charge in [-0.15, -0.1) is 10.2 Å². The van der Waals surface area contributed by atoms with Gasteiger partial charge in [-0.05, 0) is 18.2 Å². The van der Waals surface area contributed by atoms with Crippen LogP contribution in [0.15, 0.2) is 65.1 Å². The van der Waals surface area contributed by atoms with Crippen LogP contribution in [-0.2, 0) is 11.3 Å². The molecule has 130 valence electrons. The normalized spacial score (nSPS) is 13.0. The Morgan fingerprint density at radius 1 is 1.23 bits per heavy atom. The zero-order valence-corrected chi connectivity index (χ0v) is 14.1. The second-order valence-electron chi connectivity index (χ2n) is 6.19. The van der Waals surface area contributed by atoms with Gasteiger partial charge >= 0.3 is 0 Å². The quantitative estimate of drug-likeness (QED) is 0.542. The van der Waals surface area contributed by atoms with Crippen molar-refractivity contribution in [2.24, 2.45) is 16.1 Å². The minimum absolute atomic E-state index is 0.101. The standard InChI is InChI=1S/C19H17N5O2/c1-12(10-24-11-20-15-8-4-5-9-16(15)24)18(25)23-22-17-13-6-2-3-7-14(13)21-19(17)26/h2-9,11-12,21,26H,10H2,1H3/t12-/m1/s1. The third kappa shape index (κ3) is 2.83. The minimum Gasteiger partial charge on any atom is -0.493 e. The molecule has 2 heterocycles. The molecule has 1 atom stereocenters. The maximum Gasteiger partial charge on any atom is 0.269 e. The number of amides is 1. The second-order valence-corrected chi connectivity index (χ2v) is 6.19. The molecule has 2 aromatic carbocycles. The molecule has 4 aromatic rings. The molecule has 0 aliphatic rings. The average Bonchev–Trinajstić information content (AvgIpc) is 3.20. The summed E-state index contributed by atoms with van der Waals surface area (Å²) in [6, 6.07) is 15.1. The van der Waals surface area contributed by atoms with Crippen molar-refractivity contribution in [2.75, 3.05) is 0 Å². The number of nitrogens with zero attached hydrogens (tertiary/aromatic N) is 4. The van der Waals surface area contributed by atoms with Crippen LogP contribution >= 0.6 is 0 Å². The van der Waals surface area contributed by atoms with Gasteiger partial charge in [-0.3, -0.25) is 4.79 Å². The fraction of sp³-hybridized carbons (Fsp3) is 0.158. The lowest BCUT2D eigenvalue weighted by Gasteiger charge is -2.08. The van der Waals surface area contributed by atoms with E-state index in [0.29, 0.717) is 6.54 Å². The molecule has 4 rings (SSSR count). The Kier molecular flexibility index (Phi) is 3.96. The molecule has 1 amide bonds. The van der Waals surface area contributed by atoms with Crippen molar-refractivity contribution in [3.63, 3.8) is 0 Å². The number of nitrogens with one attached hydrogen (secondary N) is 1. The molecule has 0 saturated heterocycles. The van der Waals surface area contributed by atoms with E-state index in [9.17, 15) is 9.90 Å². The Balaban J connectivity index is 1.53. The molecule has 2 aromatic heterocycles. The van der Waals surface area contributed by atoms with E-state index in [2.05, 4.69) is 20.2 Å². The van der Waals surface area contributed by atoms with Gasteiger partial charge in [0.1, 0.15) is 0 Å². The molecule has 7 heteroatoms. The van der Waals surface area contributed by atoms with Gasteiger partial charge in [0.05, 0.1) is 28.8 Å². The molecule has 0 bridgehead atoms. The highest BCUT2D eigenvalue weighted by atomic mass is 16.3. The summed E-state index contributed by atoms with van der Waals surface area (Å²) in [5.74, 6) is -0.827. The SMILES string of the molecule is C[C@H](Cn1cnc2ccccc21)C(=O)N=Nc1c(O)[nH]c2ccccc12. The first-order chi connectivity index (χ1) is 12.6. The molecule has 0 aliphatic heterocycles. The van der Waals surface area contributed by atoms with Crippen molar-refractivity contribution in [1.82, 2.24) is 14.5 Å². The Morgan fingerprint density at radius 3 is 2.88 bits per heavy atom. The zero-order valence-electron chi connectivity index (χ0n) is 14.1. The van der Waals surface area contributed by atoms with E-state index in [4.69, 9.17) is 0 Å². The van der Waals surface area contributed by atoms with Crippen LogP contribution in [0.2, 0.25) is 0 Å². The molecule has 0 saturated carbocycles. The number of hydrogen-bond acceptors (Lipinski definition) is 4. The predicted molar refractivity (Wildman–Crippen MR) is 98.4 cm³/mol. The Labute approximate surface area is 149 Å². The van der Waals surface area contributed by atoms with Gasteiger partial charge in [0.25, 0.3) is 5.91 Å². The highest BCUT2D eigenvalue weighted by Gasteiger charge is 2.16. The lowest BCUT2D eigenvalue weighted by Crippen LogP contribution is -2.14. The van der Waals surface area contributed by atoms with Crippen molar-refractivity contribution < 1.29 is 9.90 Å². The summed E-state index contributed by atoms with van der Waals surface area (Å²) in [7, 11) is 0. The molecule has 26 heavy (non-hydrogen) atoms. The summed E-state index contributed by atoms with van der Waals surface area (Å²) in [6.45, 7) is 2.25. The lowest BCUT2D eigenvalue weighted by atomic mass is 10.1. The first-order valence-electron chi connectivity index (χ1n) is 8.28. The molecule has 0 fully saturated rings. The number of aromatic hydroxyl groups is 1. The smallest absolute Gasteiger partial charge is 0.269 e. The van der Waals surface area contributed by atoms with Crippen molar-refractivity contribution in [3.05, 3.63) is 54.9 Å². The highest BCUT2D eigenvalue weighted by Crippen LogP contribution is 2.35. The number of hydrogen-bond donors (Lipinski definition) is 2. The number of para-hydroxylation sites is 3. The van der Waals surface area contributed by atoms with E-state index >= 15 is 0 Å². The molecular formula is C19H17N5O2. The number of H-pyrrole nitrogens is 1. The topological polar surface area (TPSA) is 95.6 Å². The van der Waals surface area contributed by atoms with E-state index in [1.54, 1.807) is 13.3 Å². The Bertz CT molecular complexity index is 1130. The van der Waals surface area contributed by atoms with E-state index in [0.717, 1.165) is 21.9 Å². The minimum atomic E-state index is -0.372. The third-order valence-corrected chi connectivity index (χ3v) is 4.33. The van der Waals surface area contributed by atoms with Gasteiger partial charge in [0.15, 0.2) is 5.69 Å². The first-order valence-corrected chi connectivity index (χ1v) is 8.28. The average molecular weight is 347 g/mol. The second kappa shape index (κ2) is 6.44. The number of imidazole rings is 1. The van der Waals surface area contributed by atoms with Crippen molar-refractivity contribution in [3.8, 4) is 5.88 Å². The van der Waals surface area contributed by atoms with Crippen LogP contribution in [0.3, 0.4) is 0 Å². The molecule has 0 unspecified atom stereocenters. The number of fused-ring (bicyclic) bond motifs is 2. The summed E-state index contributed by atoms with van der Waals surface area (Å²) in [4.78, 5) is 19.5. The summed E-state index contributed by atoms with van der Waals surface area (Å²) < 4.78 is 1.93. The largest absolute Gasteiger partial charge is 0.493 e. The molecule has 7 nitrogen and oxygen atoms in total. The molecule has 0 radical (unpaired) electrons. The van der Waals surface area contributed by atoms with Crippen LogP contribution in [0.4, 0.5) is 5.69 Å². The van der Waals surface area contributed by atoms with Crippen LogP contribution in [0.1, 0.15) is 6.92 Å². The van der Waals surface area contributed by atoms with Gasteiger partial charge < -0.3 is 14.7 Å². The fourth-order valence-corrected chi connectivity index (χ4v) is 2.94. The summed E-state index contributed by atoms with van der Waals surface area (Å²) in [5, 5.41) is 18.5. The Hall–Kier alpha value is -3.48. The van der Waals surface area contributed by atoms with Crippen molar-refractivity contribution in [2.45, 2.75) is 13.5 Å². The van der Waals surface area contributed by atoms with E-state index < -0.39 is 0 Å². The number of benzene rings is 2. The summed E-state index contributed by atoms with van der Waals surface area (Å²) in [5.41, 5.74) is 2.87. The fourth-order valence-electron chi connectivity index (χ4n) is 2.94. The molecule has 2 N–H and O–H groups in total. The molecular weight excluding hydrogens is 330 g/mol. The van der Waals surface area contributed by atoms with E-state index in [-0.39, 0.29) is 23.4 Å². The number of carbonyl (C=O) groups excluding carboxylic acids is 1. The van der Waals surface area contributed by atoms with Gasteiger partial charge in [0.2, 0.25) is 5.88 Å². The maximum absolute atomic E-state index is 12.4. The first kappa shape index (κ1) is 16.0. The summed E-state index contributed by atoms with van der Waals surface area (Å²) in [6.07, 6.45) is 1.72. The predicted octanol–water partition coefficient (Wildman–Crippen LogP) is 4.17. The number of carbonyl (C=O) groups is 1. The van der Waals surface area contributed by atoms with Gasteiger partial charge in [-0.2, -0.15) is 0 Å². The van der Waals surface area contributed by atoms with Crippen LogP contribution in [-0.4, -0.2) is 25.5 Å². The van der Waals surface area contributed by atoms with Gasteiger partial charge in [0, 0.05) is 11.9 Å². The number of rotatable bonds is 4. The van der Waals surface area contributed by atoms with Gasteiger partial charge in [-0.1, -0.05) is 37.3 Å². The molecule has 0 aliphatic carbocycles. The molecule has 0 spiro atoms. The monoisotopic (exact) mass is 347 g/mol. The Morgan fingerprint density at radius 2 is 2.00 bits per heavy atom. The van der Waals surface area contributed by atoms with E-state index in [1.807, 2.05) is 53.1 Å².